The Morgan fingerprint density at radius 3 is 2.49 bits per heavy atom. The van der Waals surface area contributed by atoms with Gasteiger partial charge in [-0.2, -0.15) is 0 Å². The van der Waals surface area contributed by atoms with Crippen molar-refractivity contribution in [1.29, 1.82) is 0 Å². The molecule has 0 aromatic heterocycles. The zero-order valence-corrected chi connectivity index (χ0v) is 21.3. The molecule has 0 bridgehead atoms. The van der Waals surface area contributed by atoms with Crippen LogP contribution in [0, 0.1) is 0 Å². The van der Waals surface area contributed by atoms with Gasteiger partial charge in [-0.1, -0.05) is 34.1 Å². The summed E-state index contributed by atoms with van der Waals surface area (Å²) in [5.74, 6) is -0.876. The summed E-state index contributed by atoms with van der Waals surface area (Å²) >= 11 is 0. The number of fused-ring (bicyclic) bond motifs is 1. The maximum Gasteiger partial charge on any atom is 0.255 e. The lowest BCUT2D eigenvalue weighted by Crippen LogP contribution is -2.56. The summed E-state index contributed by atoms with van der Waals surface area (Å²) in [4.78, 5) is 40.3. The first-order valence-electron chi connectivity index (χ1n) is 12.6. The normalized spacial score (nSPS) is 21.0. The molecule has 184 valence electrons. The van der Waals surface area contributed by atoms with Crippen LogP contribution in [0.15, 0.2) is 24.3 Å². The van der Waals surface area contributed by atoms with Gasteiger partial charge in [0.1, 0.15) is 43.2 Å². The summed E-state index contributed by atoms with van der Waals surface area (Å²) in [6.45, 7) is 2.07. The number of hydrogen-bond acceptors (Lipinski definition) is 6. The highest BCUT2D eigenvalue weighted by Crippen LogP contribution is 2.35. The van der Waals surface area contributed by atoms with Crippen molar-refractivity contribution >= 4 is 81.2 Å². The SMILES string of the molecule is [B]c1cc(C([B])([B])N2CCOCC2)c([B])c([B])c1C([B])Oc1cccc2c1CN(C1CCC(=O)NC1=O)C2=O. The average molecular weight is 508 g/mol. The van der Waals surface area contributed by atoms with Crippen molar-refractivity contribution in [2.75, 3.05) is 26.3 Å². The van der Waals surface area contributed by atoms with Crippen molar-refractivity contribution in [3.63, 3.8) is 0 Å². The van der Waals surface area contributed by atoms with Crippen LogP contribution < -0.4 is 26.4 Å². The Balaban J connectivity index is 1.40. The van der Waals surface area contributed by atoms with Crippen LogP contribution in [0.5, 0.6) is 5.75 Å². The van der Waals surface area contributed by atoms with Gasteiger partial charge in [0, 0.05) is 30.6 Å². The van der Waals surface area contributed by atoms with Crippen molar-refractivity contribution in [3.05, 3.63) is 46.5 Å². The molecule has 0 saturated carbocycles. The van der Waals surface area contributed by atoms with Crippen LogP contribution in [0.3, 0.4) is 0 Å². The van der Waals surface area contributed by atoms with E-state index in [1.54, 1.807) is 24.3 Å². The van der Waals surface area contributed by atoms with Crippen LogP contribution in [0.2, 0.25) is 0 Å². The number of imide groups is 1. The first-order valence-corrected chi connectivity index (χ1v) is 12.6. The molecule has 2 aromatic rings. The standard InChI is InChI=1S/C25H21B6N3O5/c26-15-10-14(25(30,31)33-6-8-38-9-7-33)20(27)21(28)19(15)22(29)39-17-3-1-2-12-13(17)11-34(24(12)37)16-4-5-18(35)32-23(16)36/h1-3,10,16,22H,4-9,11H2,(H,32,35,36). The number of nitrogens with one attached hydrogen (secondary N) is 1. The fourth-order valence-electron chi connectivity index (χ4n) is 5.37. The van der Waals surface area contributed by atoms with Crippen LogP contribution in [0.25, 0.3) is 0 Å². The van der Waals surface area contributed by atoms with Gasteiger partial charge in [0.25, 0.3) is 5.91 Å². The quantitative estimate of drug-likeness (QED) is 0.328. The molecule has 2 fully saturated rings. The van der Waals surface area contributed by atoms with E-state index in [2.05, 4.69) is 5.32 Å². The summed E-state index contributed by atoms with van der Waals surface area (Å²) in [5, 5.41) is 0.841. The Labute approximate surface area is 235 Å². The molecular weight excluding hydrogens is 487 g/mol. The maximum absolute atomic E-state index is 13.1. The van der Waals surface area contributed by atoms with Crippen LogP contribution in [-0.4, -0.2) is 107 Å². The van der Waals surface area contributed by atoms with Gasteiger partial charge in [-0.05, 0) is 29.5 Å². The van der Waals surface area contributed by atoms with Crippen LogP contribution in [0.4, 0.5) is 0 Å². The Bertz CT molecular complexity index is 1350. The van der Waals surface area contributed by atoms with Crippen molar-refractivity contribution in [2.45, 2.75) is 36.8 Å². The minimum absolute atomic E-state index is 0.0832. The van der Waals surface area contributed by atoms with Crippen molar-refractivity contribution in [3.8, 4) is 5.75 Å². The number of morpholine rings is 1. The van der Waals surface area contributed by atoms with E-state index in [0.717, 1.165) is 0 Å². The molecule has 3 amide bonds. The third-order valence-electron chi connectivity index (χ3n) is 7.52. The Kier molecular flexibility index (Phi) is 7.55. The second kappa shape index (κ2) is 10.6. The third kappa shape index (κ3) is 4.97. The molecule has 3 aliphatic rings. The Morgan fingerprint density at radius 2 is 1.79 bits per heavy atom. The van der Waals surface area contributed by atoms with Crippen molar-refractivity contribution in [2.24, 2.45) is 0 Å². The monoisotopic (exact) mass is 509 g/mol. The van der Waals surface area contributed by atoms with E-state index in [4.69, 9.17) is 56.6 Å². The summed E-state index contributed by atoms with van der Waals surface area (Å²) in [7, 11) is 38.5. The predicted molar refractivity (Wildman–Crippen MR) is 150 cm³/mol. The van der Waals surface area contributed by atoms with Gasteiger partial charge >= 0.3 is 0 Å². The molecule has 3 aliphatic heterocycles. The van der Waals surface area contributed by atoms with Crippen molar-refractivity contribution < 1.29 is 23.9 Å². The second-order valence-corrected chi connectivity index (χ2v) is 9.90. The molecule has 3 heterocycles. The molecule has 8 nitrogen and oxygen atoms in total. The molecule has 14 heteroatoms. The number of ether oxygens (including phenoxy) is 2. The Hall–Kier alpha value is -2.84. The number of carbonyl (C=O) groups is 3. The smallest absolute Gasteiger partial charge is 0.255 e. The zero-order valence-electron chi connectivity index (χ0n) is 21.3. The number of amides is 3. The number of hydrogen-bond donors (Lipinski definition) is 1. The molecule has 39 heavy (non-hydrogen) atoms. The van der Waals surface area contributed by atoms with Crippen LogP contribution in [0.1, 0.15) is 45.9 Å². The highest BCUT2D eigenvalue weighted by atomic mass is 16.5. The molecule has 2 unspecified atom stereocenters. The van der Waals surface area contributed by atoms with Crippen LogP contribution >= 0.6 is 0 Å². The first-order chi connectivity index (χ1) is 18.5. The van der Waals surface area contributed by atoms with E-state index in [-0.39, 0.29) is 53.2 Å². The predicted octanol–water partition coefficient (Wildman–Crippen LogP) is -3.15. The summed E-state index contributed by atoms with van der Waals surface area (Å²) in [6, 6.07) is 4.58. The Morgan fingerprint density at radius 1 is 1.08 bits per heavy atom. The third-order valence-corrected chi connectivity index (χ3v) is 7.52. The van der Waals surface area contributed by atoms with E-state index in [0.29, 0.717) is 48.7 Å². The lowest BCUT2D eigenvalue weighted by molar-refractivity contribution is -0.136. The van der Waals surface area contributed by atoms with E-state index in [1.807, 2.05) is 4.90 Å². The number of rotatable bonds is 6. The van der Waals surface area contributed by atoms with E-state index >= 15 is 0 Å². The van der Waals surface area contributed by atoms with Crippen molar-refractivity contribution in [1.82, 2.24) is 15.1 Å². The second-order valence-electron chi connectivity index (χ2n) is 9.90. The highest BCUT2D eigenvalue weighted by Gasteiger charge is 2.40. The van der Waals surface area contributed by atoms with Gasteiger partial charge in [0.05, 0.1) is 41.5 Å². The van der Waals surface area contributed by atoms with E-state index in [1.165, 1.54) is 4.90 Å². The number of benzene rings is 2. The molecule has 0 aliphatic carbocycles. The number of nitrogens with zero attached hydrogens (tertiary/aromatic N) is 2. The maximum atomic E-state index is 13.1. The molecule has 2 saturated heterocycles. The fourth-order valence-corrected chi connectivity index (χ4v) is 5.37. The molecule has 1 N–H and O–H groups in total. The van der Waals surface area contributed by atoms with Crippen LogP contribution in [-0.2, 0) is 26.2 Å². The molecule has 12 radical (unpaired) electrons. The molecule has 2 aromatic carbocycles. The van der Waals surface area contributed by atoms with Gasteiger partial charge in [0.15, 0.2) is 0 Å². The summed E-state index contributed by atoms with van der Waals surface area (Å²) < 4.78 is 11.4. The average Bonchev–Trinajstić information content (AvgIpc) is 3.23. The molecule has 5 rings (SSSR count). The topological polar surface area (TPSA) is 88.2 Å². The molecule has 2 atom stereocenters. The van der Waals surface area contributed by atoms with Gasteiger partial charge < -0.3 is 19.3 Å². The number of piperidine rings is 1. The number of carbonyl (C=O) groups excluding carboxylic acids is 3. The minimum Gasteiger partial charge on any atom is -0.496 e. The highest BCUT2D eigenvalue weighted by molar-refractivity contribution is 6.54. The van der Waals surface area contributed by atoms with Gasteiger partial charge in [-0.15, -0.1) is 0 Å². The molecule has 0 spiro atoms. The van der Waals surface area contributed by atoms with Gasteiger partial charge in [0.2, 0.25) is 11.8 Å². The summed E-state index contributed by atoms with van der Waals surface area (Å²) in [6.07, 6.45) is 0.395. The minimum atomic E-state index is -1.44. The largest absolute Gasteiger partial charge is 0.496 e. The van der Waals surface area contributed by atoms with E-state index in [9.17, 15) is 14.4 Å². The van der Waals surface area contributed by atoms with Gasteiger partial charge in [-0.3, -0.25) is 19.7 Å². The lowest BCUT2D eigenvalue weighted by atomic mass is 9.52. The van der Waals surface area contributed by atoms with E-state index < -0.39 is 23.3 Å². The lowest BCUT2D eigenvalue weighted by Gasteiger charge is -2.44. The van der Waals surface area contributed by atoms with Gasteiger partial charge in [-0.25, -0.2) is 0 Å². The fraction of sp³-hybridized carbons (Fsp3) is 0.400. The first kappa shape index (κ1) is 27.7. The molecular formula is C25H21B6N3O5. The zero-order chi connectivity index (χ0) is 28.1. The summed E-state index contributed by atoms with van der Waals surface area (Å²) in [5.41, 5.74) is 1.93.